The van der Waals surface area contributed by atoms with Gasteiger partial charge in [0.05, 0.1) is 4.92 Å². The van der Waals surface area contributed by atoms with Crippen LogP contribution < -0.4 is 10.2 Å². The molecule has 1 heterocycles. The molecule has 0 saturated carbocycles. The Kier molecular flexibility index (Phi) is 6.33. The van der Waals surface area contributed by atoms with Gasteiger partial charge in [-0.05, 0) is 19.8 Å². The van der Waals surface area contributed by atoms with Crippen molar-refractivity contribution < 1.29 is 4.92 Å². The van der Waals surface area contributed by atoms with Crippen LogP contribution in [0.4, 0.5) is 17.5 Å². The Morgan fingerprint density at radius 2 is 1.90 bits per heavy atom. The summed E-state index contributed by atoms with van der Waals surface area (Å²) in [5.41, 5.74) is 0.388. The standard InChI is InChI=1S/C14H25N5O2/c1-6-11(7-2)9-18(8-3)13-12(19(20)21)10(4)16-14(15-5)17-13/h11H,6-9H2,1-5H3,(H,15,16,17). The number of anilines is 2. The predicted molar refractivity (Wildman–Crippen MR) is 84.9 cm³/mol. The van der Waals surface area contributed by atoms with Gasteiger partial charge in [0, 0.05) is 20.1 Å². The smallest absolute Gasteiger partial charge is 0.332 e. The Labute approximate surface area is 125 Å². The summed E-state index contributed by atoms with van der Waals surface area (Å²) in [6, 6.07) is 0. The molecule has 0 aliphatic carbocycles. The molecule has 0 bridgehead atoms. The molecule has 1 N–H and O–H groups in total. The molecule has 0 aliphatic rings. The normalized spacial score (nSPS) is 10.8. The molecule has 118 valence electrons. The predicted octanol–water partition coefficient (Wildman–Crippen LogP) is 3.00. The SMILES string of the molecule is CCC(CC)CN(CC)c1nc(NC)nc(C)c1[N+](=O)[O-]. The third kappa shape index (κ3) is 4.03. The van der Waals surface area contributed by atoms with E-state index in [-0.39, 0.29) is 10.6 Å². The van der Waals surface area contributed by atoms with Crippen molar-refractivity contribution >= 4 is 17.5 Å². The van der Waals surface area contributed by atoms with E-state index in [0.29, 0.717) is 29.9 Å². The molecule has 7 nitrogen and oxygen atoms in total. The monoisotopic (exact) mass is 295 g/mol. The highest BCUT2D eigenvalue weighted by molar-refractivity contribution is 5.62. The Hall–Kier alpha value is -1.92. The Balaban J connectivity index is 3.28. The summed E-state index contributed by atoms with van der Waals surface area (Å²) >= 11 is 0. The van der Waals surface area contributed by atoms with Gasteiger partial charge in [-0.2, -0.15) is 4.98 Å². The number of rotatable bonds is 8. The fourth-order valence-corrected chi connectivity index (χ4v) is 2.32. The largest absolute Gasteiger partial charge is 0.357 e. The minimum atomic E-state index is -0.389. The van der Waals surface area contributed by atoms with Gasteiger partial charge >= 0.3 is 5.69 Å². The second kappa shape index (κ2) is 7.75. The minimum absolute atomic E-state index is 0.00167. The molecule has 21 heavy (non-hydrogen) atoms. The van der Waals surface area contributed by atoms with E-state index >= 15 is 0 Å². The number of nitro groups is 1. The summed E-state index contributed by atoms with van der Waals surface area (Å²) in [4.78, 5) is 21.4. The first-order valence-corrected chi connectivity index (χ1v) is 7.44. The van der Waals surface area contributed by atoms with Crippen molar-refractivity contribution in [1.29, 1.82) is 0 Å². The molecule has 0 unspecified atom stereocenters. The van der Waals surface area contributed by atoms with Gasteiger partial charge in [0.2, 0.25) is 11.8 Å². The van der Waals surface area contributed by atoms with E-state index in [9.17, 15) is 10.1 Å². The van der Waals surface area contributed by atoms with Gasteiger partial charge in [-0.3, -0.25) is 10.1 Å². The summed E-state index contributed by atoms with van der Waals surface area (Å²) in [6.07, 6.45) is 2.09. The molecule has 0 saturated heterocycles. The van der Waals surface area contributed by atoms with Crippen LogP contribution in [0.3, 0.4) is 0 Å². The highest BCUT2D eigenvalue weighted by Crippen LogP contribution is 2.30. The zero-order chi connectivity index (χ0) is 16.0. The highest BCUT2D eigenvalue weighted by Gasteiger charge is 2.26. The Morgan fingerprint density at radius 1 is 1.29 bits per heavy atom. The zero-order valence-corrected chi connectivity index (χ0v) is 13.5. The summed E-state index contributed by atoms with van der Waals surface area (Å²) in [7, 11) is 1.71. The molecule has 0 spiro atoms. The van der Waals surface area contributed by atoms with Crippen molar-refractivity contribution in [2.45, 2.75) is 40.5 Å². The first-order valence-electron chi connectivity index (χ1n) is 7.44. The molecule has 0 aliphatic heterocycles. The van der Waals surface area contributed by atoms with Crippen molar-refractivity contribution in [2.24, 2.45) is 5.92 Å². The second-order valence-electron chi connectivity index (χ2n) is 5.03. The van der Waals surface area contributed by atoms with Gasteiger partial charge in [-0.15, -0.1) is 0 Å². The molecule has 0 amide bonds. The van der Waals surface area contributed by atoms with Crippen molar-refractivity contribution in [3.8, 4) is 0 Å². The topological polar surface area (TPSA) is 84.2 Å². The lowest BCUT2D eigenvalue weighted by atomic mass is 10.0. The number of nitrogens with one attached hydrogen (secondary N) is 1. The molecule has 1 aromatic heterocycles. The van der Waals surface area contributed by atoms with Crippen molar-refractivity contribution in [2.75, 3.05) is 30.4 Å². The van der Waals surface area contributed by atoms with Crippen molar-refractivity contribution in [3.63, 3.8) is 0 Å². The number of aryl methyl sites for hydroxylation is 1. The summed E-state index contributed by atoms with van der Waals surface area (Å²) < 4.78 is 0. The van der Waals surface area contributed by atoms with Gasteiger partial charge in [0.15, 0.2) is 0 Å². The van der Waals surface area contributed by atoms with Gasteiger partial charge in [-0.1, -0.05) is 26.7 Å². The van der Waals surface area contributed by atoms with Crippen LogP contribution in [0.25, 0.3) is 0 Å². The van der Waals surface area contributed by atoms with E-state index in [1.165, 1.54) is 0 Å². The lowest BCUT2D eigenvalue weighted by molar-refractivity contribution is -0.385. The number of aromatic nitrogens is 2. The third-order valence-corrected chi connectivity index (χ3v) is 3.76. The fourth-order valence-electron chi connectivity index (χ4n) is 2.32. The lowest BCUT2D eigenvalue weighted by Gasteiger charge is -2.26. The van der Waals surface area contributed by atoms with Crippen LogP contribution in [-0.4, -0.2) is 35.0 Å². The first-order chi connectivity index (χ1) is 9.98. The van der Waals surface area contributed by atoms with Crippen LogP contribution >= 0.6 is 0 Å². The van der Waals surface area contributed by atoms with Crippen LogP contribution in [0.1, 0.15) is 39.3 Å². The maximum absolute atomic E-state index is 11.4. The van der Waals surface area contributed by atoms with Gasteiger partial charge in [0.1, 0.15) is 5.69 Å². The number of hydrogen-bond donors (Lipinski definition) is 1. The van der Waals surface area contributed by atoms with Crippen LogP contribution in [0, 0.1) is 23.0 Å². The minimum Gasteiger partial charge on any atom is -0.357 e. The van der Waals surface area contributed by atoms with E-state index in [1.807, 2.05) is 11.8 Å². The number of hydrogen-bond acceptors (Lipinski definition) is 6. The van der Waals surface area contributed by atoms with Crippen LogP contribution in [0.5, 0.6) is 0 Å². The fraction of sp³-hybridized carbons (Fsp3) is 0.714. The van der Waals surface area contributed by atoms with Crippen LogP contribution in [0.2, 0.25) is 0 Å². The quantitative estimate of drug-likeness (QED) is 0.586. The molecule has 0 fully saturated rings. The van der Waals surface area contributed by atoms with E-state index in [1.54, 1.807) is 14.0 Å². The van der Waals surface area contributed by atoms with E-state index in [4.69, 9.17) is 0 Å². The molecule has 0 atom stereocenters. The average Bonchev–Trinajstić information content (AvgIpc) is 2.47. The number of nitrogens with zero attached hydrogens (tertiary/aromatic N) is 4. The maximum atomic E-state index is 11.4. The average molecular weight is 295 g/mol. The second-order valence-corrected chi connectivity index (χ2v) is 5.03. The van der Waals surface area contributed by atoms with Crippen molar-refractivity contribution in [1.82, 2.24) is 9.97 Å². The maximum Gasteiger partial charge on any atom is 0.332 e. The molecule has 1 rings (SSSR count). The molecule has 0 aromatic carbocycles. The highest BCUT2D eigenvalue weighted by atomic mass is 16.6. The molecular formula is C14H25N5O2. The summed E-state index contributed by atoms with van der Waals surface area (Å²) in [5, 5.41) is 14.2. The summed E-state index contributed by atoms with van der Waals surface area (Å²) in [6.45, 7) is 9.36. The van der Waals surface area contributed by atoms with Crippen LogP contribution in [-0.2, 0) is 0 Å². The molecule has 7 heteroatoms. The van der Waals surface area contributed by atoms with Gasteiger partial charge in [-0.25, -0.2) is 4.98 Å². The zero-order valence-electron chi connectivity index (χ0n) is 13.5. The lowest BCUT2D eigenvalue weighted by Crippen LogP contribution is -2.31. The van der Waals surface area contributed by atoms with E-state index in [2.05, 4.69) is 29.1 Å². The van der Waals surface area contributed by atoms with Gasteiger partial charge in [0.25, 0.3) is 0 Å². The first kappa shape index (κ1) is 17.1. The summed E-state index contributed by atoms with van der Waals surface area (Å²) in [5.74, 6) is 1.32. The Morgan fingerprint density at radius 3 is 2.33 bits per heavy atom. The third-order valence-electron chi connectivity index (χ3n) is 3.76. The van der Waals surface area contributed by atoms with Crippen LogP contribution in [0.15, 0.2) is 0 Å². The van der Waals surface area contributed by atoms with Crippen molar-refractivity contribution in [3.05, 3.63) is 15.8 Å². The molecule has 1 aromatic rings. The van der Waals surface area contributed by atoms with E-state index in [0.717, 1.165) is 19.4 Å². The molecular weight excluding hydrogens is 270 g/mol. The molecule has 0 radical (unpaired) electrons. The Bertz CT molecular complexity index is 488. The van der Waals surface area contributed by atoms with Gasteiger partial charge < -0.3 is 10.2 Å². The van der Waals surface area contributed by atoms with E-state index < -0.39 is 0 Å².